The Morgan fingerprint density at radius 2 is 2.25 bits per heavy atom. The van der Waals surface area contributed by atoms with Gasteiger partial charge in [0.15, 0.2) is 5.88 Å². The summed E-state index contributed by atoms with van der Waals surface area (Å²) in [6.07, 6.45) is 3.35. The van der Waals surface area contributed by atoms with Gasteiger partial charge in [-0.2, -0.15) is 0 Å². The van der Waals surface area contributed by atoms with Crippen molar-refractivity contribution >= 4 is 0 Å². The van der Waals surface area contributed by atoms with E-state index in [4.69, 9.17) is 16.2 Å². The highest BCUT2D eigenvalue weighted by molar-refractivity contribution is 5.19. The molecule has 0 aromatic carbocycles. The lowest BCUT2D eigenvalue weighted by Gasteiger charge is -2.07. The summed E-state index contributed by atoms with van der Waals surface area (Å²) in [6.45, 7) is 0.494. The molecule has 8 heavy (non-hydrogen) atoms. The SMILES string of the molecule is NC1=CCOC(N)=C1. The second kappa shape index (κ2) is 1.78. The third-order valence-corrected chi connectivity index (χ3v) is 0.878. The van der Waals surface area contributed by atoms with Crippen molar-refractivity contribution < 1.29 is 4.74 Å². The van der Waals surface area contributed by atoms with Gasteiger partial charge in [-0.3, -0.25) is 0 Å². The van der Waals surface area contributed by atoms with E-state index in [2.05, 4.69) is 0 Å². The predicted octanol–water partition coefficient (Wildman–Crippen LogP) is -0.341. The standard InChI is InChI=1S/C5H8N2O/c6-4-1-2-8-5(7)3-4/h1,3H,2,6-7H2. The van der Waals surface area contributed by atoms with Gasteiger partial charge in [0.25, 0.3) is 0 Å². The fourth-order valence-corrected chi connectivity index (χ4v) is 0.499. The molecule has 0 spiro atoms. The minimum Gasteiger partial charge on any atom is -0.475 e. The lowest BCUT2D eigenvalue weighted by molar-refractivity contribution is 0.239. The zero-order valence-corrected chi connectivity index (χ0v) is 4.42. The normalized spacial score (nSPS) is 18.5. The van der Waals surface area contributed by atoms with Crippen LogP contribution in [0, 0.1) is 0 Å². The minimum atomic E-state index is 0.394. The van der Waals surface area contributed by atoms with Gasteiger partial charge in [0.1, 0.15) is 6.61 Å². The van der Waals surface area contributed by atoms with Gasteiger partial charge in [-0.25, -0.2) is 0 Å². The molecule has 0 unspecified atom stereocenters. The van der Waals surface area contributed by atoms with Crippen molar-refractivity contribution in [1.29, 1.82) is 0 Å². The minimum absolute atomic E-state index is 0.394. The molecule has 3 nitrogen and oxygen atoms in total. The summed E-state index contributed by atoms with van der Waals surface area (Å²) in [5.41, 5.74) is 11.3. The van der Waals surface area contributed by atoms with E-state index in [1.165, 1.54) is 0 Å². The van der Waals surface area contributed by atoms with Crippen LogP contribution in [0.2, 0.25) is 0 Å². The van der Waals surface area contributed by atoms with Crippen LogP contribution in [0.15, 0.2) is 23.7 Å². The summed E-state index contributed by atoms with van der Waals surface area (Å²) in [6, 6.07) is 0. The highest BCUT2D eigenvalue weighted by Gasteiger charge is 1.96. The van der Waals surface area contributed by atoms with E-state index < -0.39 is 0 Å². The van der Waals surface area contributed by atoms with Crippen LogP contribution in [0.5, 0.6) is 0 Å². The molecule has 0 aliphatic carbocycles. The van der Waals surface area contributed by atoms with E-state index in [1.807, 2.05) is 0 Å². The lowest BCUT2D eigenvalue weighted by Crippen LogP contribution is -2.11. The fraction of sp³-hybridized carbons (Fsp3) is 0.200. The summed E-state index contributed by atoms with van der Waals surface area (Å²) < 4.78 is 4.83. The molecule has 1 heterocycles. The third kappa shape index (κ3) is 0.932. The Morgan fingerprint density at radius 3 is 2.62 bits per heavy atom. The second-order valence-corrected chi connectivity index (χ2v) is 1.56. The Morgan fingerprint density at radius 1 is 1.50 bits per heavy atom. The molecule has 1 aliphatic rings. The molecule has 0 radical (unpaired) electrons. The molecule has 0 atom stereocenters. The van der Waals surface area contributed by atoms with Crippen molar-refractivity contribution in [2.75, 3.05) is 6.61 Å². The van der Waals surface area contributed by atoms with Gasteiger partial charge in [0, 0.05) is 11.8 Å². The number of hydrogen-bond donors (Lipinski definition) is 2. The Bertz CT molecular complexity index is 149. The molecule has 0 saturated carbocycles. The van der Waals surface area contributed by atoms with Gasteiger partial charge in [0.05, 0.1) is 0 Å². The largest absolute Gasteiger partial charge is 0.475 e. The first-order valence-corrected chi connectivity index (χ1v) is 2.34. The number of nitrogens with two attached hydrogens (primary N) is 2. The van der Waals surface area contributed by atoms with Crippen molar-refractivity contribution in [3.63, 3.8) is 0 Å². The second-order valence-electron chi connectivity index (χ2n) is 1.56. The van der Waals surface area contributed by atoms with Gasteiger partial charge in [-0.15, -0.1) is 0 Å². The van der Waals surface area contributed by atoms with Gasteiger partial charge in [-0.05, 0) is 6.08 Å². The molecule has 1 aliphatic heterocycles. The van der Waals surface area contributed by atoms with Crippen LogP contribution in [0.1, 0.15) is 0 Å². The highest BCUT2D eigenvalue weighted by atomic mass is 16.5. The Balaban J connectivity index is 2.69. The smallest absolute Gasteiger partial charge is 0.186 e. The predicted molar refractivity (Wildman–Crippen MR) is 30.5 cm³/mol. The van der Waals surface area contributed by atoms with Crippen LogP contribution < -0.4 is 11.5 Å². The first-order valence-electron chi connectivity index (χ1n) is 2.34. The topological polar surface area (TPSA) is 61.3 Å². The number of ether oxygens (including phenoxy) is 1. The van der Waals surface area contributed by atoms with Crippen LogP contribution >= 0.6 is 0 Å². The average Bonchev–Trinajstić information content (AvgIpc) is 1.64. The maximum absolute atomic E-state index is 5.35. The van der Waals surface area contributed by atoms with Gasteiger partial charge in [-0.1, -0.05) is 0 Å². The summed E-state index contributed by atoms with van der Waals surface area (Å²) in [5, 5.41) is 0. The fourth-order valence-electron chi connectivity index (χ4n) is 0.499. The summed E-state index contributed by atoms with van der Waals surface area (Å²) in [4.78, 5) is 0. The quantitative estimate of drug-likeness (QED) is 0.450. The molecule has 0 saturated heterocycles. The number of hydrogen-bond acceptors (Lipinski definition) is 3. The maximum atomic E-state index is 5.35. The van der Waals surface area contributed by atoms with Gasteiger partial charge < -0.3 is 16.2 Å². The Hall–Kier alpha value is -1.12. The van der Waals surface area contributed by atoms with Crippen LogP contribution in [-0.2, 0) is 4.74 Å². The van der Waals surface area contributed by atoms with E-state index >= 15 is 0 Å². The molecule has 0 aromatic heterocycles. The van der Waals surface area contributed by atoms with Gasteiger partial charge in [0.2, 0.25) is 0 Å². The first-order chi connectivity index (χ1) is 3.79. The Kier molecular flexibility index (Phi) is 1.12. The van der Waals surface area contributed by atoms with E-state index in [0.717, 1.165) is 0 Å². The van der Waals surface area contributed by atoms with Crippen LogP contribution in [0.3, 0.4) is 0 Å². The molecular formula is C5H8N2O. The molecule has 0 fully saturated rings. The molecule has 3 heteroatoms. The summed E-state index contributed by atoms with van der Waals surface area (Å²) >= 11 is 0. The number of rotatable bonds is 0. The van der Waals surface area contributed by atoms with E-state index in [9.17, 15) is 0 Å². The van der Waals surface area contributed by atoms with Gasteiger partial charge >= 0.3 is 0 Å². The van der Waals surface area contributed by atoms with E-state index in [0.29, 0.717) is 18.2 Å². The molecule has 0 bridgehead atoms. The third-order valence-electron chi connectivity index (χ3n) is 0.878. The summed E-state index contributed by atoms with van der Waals surface area (Å²) in [7, 11) is 0. The lowest BCUT2D eigenvalue weighted by atomic mass is 10.3. The van der Waals surface area contributed by atoms with Crippen molar-refractivity contribution in [2.45, 2.75) is 0 Å². The molecule has 0 amide bonds. The molecular weight excluding hydrogens is 104 g/mol. The first kappa shape index (κ1) is 5.03. The molecule has 44 valence electrons. The zero-order chi connectivity index (χ0) is 5.98. The van der Waals surface area contributed by atoms with E-state index in [1.54, 1.807) is 12.2 Å². The van der Waals surface area contributed by atoms with Crippen molar-refractivity contribution in [2.24, 2.45) is 11.5 Å². The maximum Gasteiger partial charge on any atom is 0.186 e. The summed E-state index contributed by atoms with van der Waals surface area (Å²) in [5.74, 6) is 0.394. The van der Waals surface area contributed by atoms with Crippen LogP contribution in [0.25, 0.3) is 0 Å². The van der Waals surface area contributed by atoms with Crippen LogP contribution in [0.4, 0.5) is 0 Å². The molecule has 1 rings (SSSR count). The van der Waals surface area contributed by atoms with E-state index in [-0.39, 0.29) is 0 Å². The van der Waals surface area contributed by atoms with Crippen molar-refractivity contribution in [3.8, 4) is 0 Å². The average molecular weight is 112 g/mol. The van der Waals surface area contributed by atoms with Crippen LogP contribution in [-0.4, -0.2) is 6.61 Å². The highest BCUT2D eigenvalue weighted by Crippen LogP contribution is 1.99. The Labute approximate surface area is 47.6 Å². The van der Waals surface area contributed by atoms with Crippen molar-refractivity contribution in [1.82, 2.24) is 0 Å². The molecule has 4 N–H and O–H groups in total. The molecule has 0 aromatic rings. The van der Waals surface area contributed by atoms with Crippen molar-refractivity contribution in [3.05, 3.63) is 23.7 Å². The number of allylic oxidation sites excluding steroid dienone is 1. The zero-order valence-electron chi connectivity index (χ0n) is 4.42. The monoisotopic (exact) mass is 112 g/mol.